The van der Waals surface area contributed by atoms with Gasteiger partial charge >= 0.3 is 5.69 Å². The van der Waals surface area contributed by atoms with Crippen molar-refractivity contribution in [2.45, 2.75) is 11.8 Å². The minimum Gasteiger partial charge on any atom is -0.302 e. The number of benzene rings is 1. The zero-order valence-electron chi connectivity index (χ0n) is 12.6. The van der Waals surface area contributed by atoms with Crippen LogP contribution in [0.2, 0.25) is 0 Å². The summed E-state index contributed by atoms with van der Waals surface area (Å²) in [6.45, 7) is 1.84. The van der Waals surface area contributed by atoms with Gasteiger partial charge in [-0.3, -0.25) is 13.7 Å². The van der Waals surface area contributed by atoms with Crippen LogP contribution in [0.1, 0.15) is 6.92 Å². The number of rotatable bonds is 4. The van der Waals surface area contributed by atoms with Crippen LogP contribution in [0.15, 0.2) is 51.0 Å². The molecule has 1 aromatic heterocycles. The lowest BCUT2D eigenvalue weighted by Crippen LogP contribution is -2.42. The van der Waals surface area contributed by atoms with Crippen molar-refractivity contribution in [2.24, 2.45) is 14.1 Å². The summed E-state index contributed by atoms with van der Waals surface area (Å²) < 4.78 is 28.6. The molecule has 0 atom stereocenters. The Morgan fingerprint density at radius 1 is 1.09 bits per heavy atom. The van der Waals surface area contributed by atoms with Gasteiger partial charge in [0.25, 0.3) is 15.6 Å². The Hall–Kier alpha value is -2.35. The molecule has 0 aliphatic rings. The number of hydrogen-bond donors (Lipinski definition) is 0. The highest BCUT2D eigenvalue weighted by atomic mass is 32.2. The van der Waals surface area contributed by atoms with Gasteiger partial charge in [-0.05, 0) is 19.1 Å². The SMILES string of the molecule is CCN(c1ccccc1)S(=O)(=O)c1cn(C)c(=O)n(C)c1=O. The Morgan fingerprint density at radius 2 is 1.68 bits per heavy atom. The summed E-state index contributed by atoms with van der Waals surface area (Å²) in [5.41, 5.74) is -0.954. The molecule has 118 valence electrons. The number of sulfonamides is 1. The first-order valence-corrected chi connectivity index (χ1v) is 8.09. The molecule has 0 bridgehead atoms. The topological polar surface area (TPSA) is 81.4 Å². The number of aromatic nitrogens is 2. The van der Waals surface area contributed by atoms with Crippen molar-refractivity contribution in [3.05, 3.63) is 57.4 Å². The average Bonchev–Trinajstić information content (AvgIpc) is 2.50. The fraction of sp³-hybridized carbons (Fsp3) is 0.286. The highest BCUT2D eigenvalue weighted by Crippen LogP contribution is 2.20. The van der Waals surface area contributed by atoms with E-state index >= 15 is 0 Å². The first-order valence-electron chi connectivity index (χ1n) is 6.65. The Morgan fingerprint density at radius 3 is 2.23 bits per heavy atom. The van der Waals surface area contributed by atoms with Crippen LogP contribution >= 0.6 is 0 Å². The van der Waals surface area contributed by atoms with Gasteiger partial charge in [0.15, 0.2) is 4.90 Å². The van der Waals surface area contributed by atoms with Crippen LogP contribution in [-0.2, 0) is 24.1 Å². The molecule has 2 rings (SSSR count). The molecule has 0 radical (unpaired) electrons. The van der Waals surface area contributed by atoms with Crippen LogP contribution in [0.4, 0.5) is 5.69 Å². The predicted octanol–water partition coefficient (Wildman–Crippen LogP) is 0.299. The Labute approximate surface area is 128 Å². The van der Waals surface area contributed by atoms with Gasteiger partial charge in [0, 0.05) is 26.8 Å². The van der Waals surface area contributed by atoms with Crippen LogP contribution in [0.5, 0.6) is 0 Å². The maximum Gasteiger partial charge on any atom is 0.330 e. The van der Waals surface area contributed by atoms with Gasteiger partial charge < -0.3 is 4.57 Å². The second kappa shape index (κ2) is 5.80. The van der Waals surface area contributed by atoms with Gasteiger partial charge in [-0.1, -0.05) is 18.2 Å². The summed E-state index contributed by atoms with van der Waals surface area (Å²) in [5, 5.41) is 0. The van der Waals surface area contributed by atoms with Gasteiger partial charge in [0.05, 0.1) is 5.69 Å². The molecule has 1 heterocycles. The van der Waals surface area contributed by atoms with Gasteiger partial charge in [-0.15, -0.1) is 0 Å². The van der Waals surface area contributed by atoms with E-state index in [1.54, 1.807) is 37.3 Å². The minimum absolute atomic E-state index is 0.165. The molecular weight excluding hydrogens is 306 g/mol. The smallest absolute Gasteiger partial charge is 0.302 e. The standard InChI is InChI=1S/C14H17N3O4S/c1-4-17(11-8-6-5-7-9-11)22(20,21)12-10-15(2)14(19)16(3)13(12)18/h5-10H,4H2,1-3H3. The molecule has 0 N–H and O–H groups in total. The van der Waals surface area contributed by atoms with Crippen LogP contribution in [0, 0.1) is 0 Å². The quantitative estimate of drug-likeness (QED) is 0.810. The summed E-state index contributed by atoms with van der Waals surface area (Å²) >= 11 is 0. The third-order valence-electron chi connectivity index (χ3n) is 3.31. The van der Waals surface area contributed by atoms with Crippen LogP contribution in [0.3, 0.4) is 0 Å². The molecule has 22 heavy (non-hydrogen) atoms. The molecule has 0 unspecified atom stereocenters. The van der Waals surface area contributed by atoms with E-state index in [2.05, 4.69) is 0 Å². The third-order valence-corrected chi connectivity index (χ3v) is 5.20. The zero-order chi connectivity index (χ0) is 16.5. The second-order valence-corrected chi connectivity index (χ2v) is 6.59. The Kier molecular flexibility index (Phi) is 4.23. The minimum atomic E-state index is -4.06. The largest absolute Gasteiger partial charge is 0.330 e. The maximum absolute atomic E-state index is 12.8. The van der Waals surface area contributed by atoms with E-state index in [9.17, 15) is 18.0 Å². The highest BCUT2D eigenvalue weighted by molar-refractivity contribution is 7.92. The van der Waals surface area contributed by atoms with Crippen LogP contribution in [0.25, 0.3) is 0 Å². The van der Waals surface area contributed by atoms with Crippen molar-refractivity contribution in [1.82, 2.24) is 9.13 Å². The van der Waals surface area contributed by atoms with E-state index in [1.165, 1.54) is 14.1 Å². The van der Waals surface area contributed by atoms with Gasteiger partial charge in [-0.25, -0.2) is 13.2 Å². The van der Waals surface area contributed by atoms with E-state index in [-0.39, 0.29) is 6.54 Å². The van der Waals surface area contributed by atoms with Crippen molar-refractivity contribution >= 4 is 15.7 Å². The highest BCUT2D eigenvalue weighted by Gasteiger charge is 2.28. The molecule has 0 fully saturated rings. The van der Waals surface area contributed by atoms with E-state index in [0.29, 0.717) is 5.69 Å². The first-order chi connectivity index (χ1) is 10.3. The molecule has 0 aliphatic heterocycles. The second-order valence-electron chi connectivity index (χ2n) is 4.76. The van der Waals surface area contributed by atoms with Crippen LogP contribution < -0.4 is 15.6 Å². The van der Waals surface area contributed by atoms with E-state index in [1.807, 2.05) is 0 Å². The van der Waals surface area contributed by atoms with Gasteiger partial charge in [0.1, 0.15) is 0 Å². The Balaban J connectivity index is 2.70. The molecule has 0 saturated carbocycles. The summed E-state index contributed by atoms with van der Waals surface area (Å²) in [6, 6.07) is 8.49. The van der Waals surface area contributed by atoms with E-state index < -0.39 is 26.2 Å². The monoisotopic (exact) mass is 323 g/mol. The van der Waals surface area contributed by atoms with Crippen molar-refractivity contribution in [2.75, 3.05) is 10.8 Å². The molecule has 1 aromatic carbocycles. The number of hydrogen-bond acceptors (Lipinski definition) is 4. The third kappa shape index (κ3) is 2.57. The lowest BCUT2D eigenvalue weighted by Gasteiger charge is -2.22. The average molecular weight is 323 g/mol. The number of anilines is 1. The fourth-order valence-electron chi connectivity index (χ4n) is 2.16. The van der Waals surface area contributed by atoms with E-state index in [0.717, 1.165) is 19.6 Å². The summed E-state index contributed by atoms with van der Waals surface area (Å²) in [6.07, 6.45) is 1.06. The zero-order valence-corrected chi connectivity index (χ0v) is 13.4. The molecule has 0 saturated heterocycles. The molecule has 7 nitrogen and oxygen atoms in total. The molecular formula is C14H17N3O4S. The van der Waals surface area contributed by atoms with Gasteiger partial charge in [0.2, 0.25) is 0 Å². The summed E-state index contributed by atoms with van der Waals surface area (Å²) in [7, 11) is -1.40. The molecule has 0 spiro atoms. The van der Waals surface area contributed by atoms with Crippen molar-refractivity contribution in [1.29, 1.82) is 0 Å². The normalized spacial score (nSPS) is 11.4. The molecule has 8 heteroatoms. The molecule has 0 amide bonds. The summed E-state index contributed by atoms with van der Waals surface area (Å²) in [4.78, 5) is 23.5. The number of nitrogens with zero attached hydrogens (tertiary/aromatic N) is 3. The van der Waals surface area contributed by atoms with Gasteiger partial charge in [-0.2, -0.15) is 0 Å². The fourth-order valence-corrected chi connectivity index (χ4v) is 3.78. The first kappa shape index (κ1) is 16.0. The molecule has 2 aromatic rings. The lowest BCUT2D eigenvalue weighted by atomic mass is 10.3. The Bertz CT molecular complexity index is 898. The van der Waals surface area contributed by atoms with E-state index in [4.69, 9.17) is 0 Å². The number of para-hydroxylation sites is 1. The molecule has 0 aliphatic carbocycles. The van der Waals surface area contributed by atoms with Crippen LogP contribution in [-0.4, -0.2) is 24.1 Å². The van der Waals surface area contributed by atoms with Crippen molar-refractivity contribution in [3.63, 3.8) is 0 Å². The van der Waals surface area contributed by atoms with Crippen molar-refractivity contribution < 1.29 is 8.42 Å². The number of aryl methyl sites for hydroxylation is 1. The maximum atomic E-state index is 12.8. The lowest BCUT2D eigenvalue weighted by molar-refractivity contribution is 0.580. The van der Waals surface area contributed by atoms with Crippen molar-refractivity contribution in [3.8, 4) is 0 Å². The predicted molar refractivity (Wildman–Crippen MR) is 83.6 cm³/mol. The summed E-state index contributed by atoms with van der Waals surface area (Å²) in [5.74, 6) is 0.